The lowest BCUT2D eigenvalue weighted by Gasteiger charge is -2.11. The highest BCUT2D eigenvalue weighted by Gasteiger charge is 2.14. The number of amides is 1. The summed E-state index contributed by atoms with van der Waals surface area (Å²) >= 11 is 0. The Labute approximate surface area is 135 Å². The van der Waals surface area contributed by atoms with Gasteiger partial charge in [-0.05, 0) is 26.3 Å². The van der Waals surface area contributed by atoms with Gasteiger partial charge in [0.2, 0.25) is 0 Å². The fourth-order valence-electron chi connectivity index (χ4n) is 2.39. The number of rotatable bonds is 4. The van der Waals surface area contributed by atoms with Gasteiger partial charge < -0.3 is 5.32 Å². The van der Waals surface area contributed by atoms with Crippen molar-refractivity contribution in [3.8, 4) is 11.3 Å². The number of nitrogens with one attached hydrogen (secondary N) is 1. The monoisotopic (exact) mass is 308 g/mol. The zero-order valence-electron chi connectivity index (χ0n) is 13.6. The minimum absolute atomic E-state index is 0.130. The standard InChI is InChI=1S/C18H20N4O/c1-4-12(2)19-18(23)16-10-13(3)22-17(20-16)11-15(21-22)14-8-6-5-7-9-14/h5-12H,4H2,1-3H3,(H,19,23). The summed E-state index contributed by atoms with van der Waals surface area (Å²) < 4.78 is 1.77. The summed E-state index contributed by atoms with van der Waals surface area (Å²) in [5, 5.41) is 7.53. The van der Waals surface area contributed by atoms with E-state index in [4.69, 9.17) is 0 Å². The first-order chi connectivity index (χ1) is 11.1. The molecule has 2 heterocycles. The summed E-state index contributed by atoms with van der Waals surface area (Å²) in [6.45, 7) is 5.95. The van der Waals surface area contributed by atoms with Crippen LogP contribution in [-0.4, -0.2) is 26.5 Å². The summed E-state index contributed by atoms with van der Waals surface area (Å²) in [5.41, 5.74) is 3.86. The van der Waals surface area contributed by atoms with E-state index in [1.807, 2.05) is 57.2 Å². The zero-order chi connectivity index (χ0) is 16.4. The van der Waals surface area contributed by atoms with Crippen molar-refractivity contribution in [1.29, 1.82) is 0 Å². The number of fused-ring (bicyclic) bond motifs is 1. The number of hydrogen-bond acceptors (Lipinski definition) is 3. The summed E-state index contributed by atoms with van der Waals surface area (Å²) in [6, 6.07) is 13.7. The maximum Gasteiger partial charge on any atom is 0.270 e. The molecule has 0 spiro atoms. The molecule has 2 aromatic heterocycles. The molecule has 5 heteroatoms. The van der Waals surface area contributed by atoms with Gasteiger partial charge in [0.05, 0.1) is 5.69 Å². The number of aromatic nitrogens is 3. The van der Waals surface area contributed by atoms with Crippen LogP contribution in [0.15, 0.2) is 42.5 Å². The number of carbonyl (C=O) groups excluding carboxylic acids is 1. The molecule has 118 valence electrons. The highest BCUT2D eigenvalue weighted by atomic mass is 16.1. The van der Waals surface area contributed by atoms with Gasteiger partial charge in [0.25, 0.3) is 5.91 Å². The number of carbonyl (C=O) groups is 1. The van der Waals surface area contributed by atoms with Gasteiger partial charge in [-0.1, -0.05) is 37.3 Å². The molecule has 0 radical (unpaired) electrons. The minimum Gasteiger partial charge on any atom is -0.348 e. The fourth-order valence-corrected chi connectivity index (χ4v) is 2.39. The molecule has 3 aromatic rings. The number of aryl methyl sites for hydroxylation is 1. The van der Waals surface area contributed by atoms with Crippen molar-refractivity contribution < 1.29 is 4.79 Å². The average Bonchev–Trinajstić information content (AvgIpc) is 3.00. The molecule has 23 heavy (non-hydrogen) atoms. The number of hydrogen-bond donors (Lipinski definition) is 1. The van der Waals surface area contributed by atoms with Crippen molar-refractivity contribution in [1.82, 2.24) is 19.9 Å². The first kappa shape index (κ1) is 15.2. The molecule has 0 aliphatic rings. The second-order valence-electron chi connectivity index (χ2n) is 5.73. The third kappa shape index (κ3) is 3.08. The summed E-state index contributed by atoms with van der Waals surface area (Å²) in [5.74, 6) is -0.146. The molecule has 1 unspecified atom stereocenters. The van der Waals surface area contributed by atoms with Crippen molar-refractivity contribution in [3.63, 3.8) is 0 Å². The minimum atomic E-state index is -0.146. The summed E-state index contributed by atoms with van der Waals surface area (Å²) in [4.78, 5) is 16.7. The quantitative estimate of drug-likeness (QED) is 0.805. The van der Waals surface area contributed by atoms with Gasteiger partial charge in [0, 0.05) is 23.4 Å². The predicted molar refractivity (Wildman–Crippen MR) is 90.4 cm³/mol. The molecule has 1 aromatic carbocycles. The lowest BCUT2D eigenvalue weighted by atomic mass is 10.2. The van der Waals surface area contributed by atoms with E-state index in [-0.39, 0.29) is 11.9 Å². The smallest absolute Gasteiger partial charge is 0.270 e. The van der Waals surface area contributed by atoms with E-state index in [1.54, 1.807) is 10.6 Å². The van der Waals surface area contributed by atoms with Crippen LogP contribution in [0.4, 0.5) is 0 Å². The van der Waals surface area contributed by atoms with E-state index in [0.29, 0.717) is 11.3 Å². The lowest BCUT2D eigenvalue weighted by molar-refractivity contribution is 0.0934. The predicted octanol–water partition coefficient (Wildman–Crippen LogP) is 3.23. The molecule has 0 aliphatic heterocycles. The van der Waals surface area contributed by atoms with Crippen LogP contribution in [0.1, 0.15) is 36.5 Å². The van der Waals surface area contributed by atoms with Gasteiger partial charge in [-0.15, -0.1) is 0 Å². The van der Waals surface area contributed by atoms with Crippen LogP contribution in [0.25, 0.3) is 16.9 Å². The van der Waals surface area contributed by atoms with Gasteiger partial charge in [0.15, 0.2) is 5.65 Å². The third-order valence-electron chi connectivity index (χ3n) is 3.90. The van der Waals surface area contributed by atoms with E-state index in [9.17, 15) is 4.79 Å². The largest absolute Gasteiger partial charge is 0.348 e. The molecule has 1 N–H and O–H groups in total. The Balaban J connectivity index is 2.00. The maximum absolute atomic E-state index is 12.3. The van der Waals surface area contributed by atoms with Crippen LogP contribution in [0.5, 0.6) is 0 Å². The average molecular weight is 308 g/mol. The highest BCUT2D eigenvalue weighted by Crippen LogP contribution is 2.19. The van der Waals surface area contributed by atoms with Crippen LogP contribution in [0.2, 0.25) is 0 Å². The SMILES string of the molecule is CCC(C)NC(=O)c1cc(C)n2nc(-c3ccccc3)cc2n1. The molecule has 0 saturated heterocycles. The first-order valence-electron chi connectivity index (χ1n) is 7.82. The zero-order valence-corrected chi connectivity index (χ0v) is 13.6. The normalized spacial score (nSPS) is 12.3. The number of nitrogens with zero attached hydrogens (tertiary/aromatic N) is 3. The highest BCUT2D eigenvalue weighted by molar-refractivity contribution is 5.93. The van der Waals surface area contributed by atoms with Crippen molar-refractivity contribution in [2.45, 2.75) is 33.2 Å². The Morgan fingerprint density at radius 1 is 1.26 bits per heavy atom. The molecule has 0 saturated carbocycles. The van der Waals surface area contributed by atoms with E-state index in [2.05, 4.69) is 15.4 Å². The van der Waals surface area contributed by atoms with Crippen molar-refractivity contribution in [3.05, 3.63) is 53.9 Å². The van der Waals surface area contributed by atoms with Crippen LogP contribution < -0.4 is 5.32 Å². The summed E-state index contributed by atoms with van der Waals surface area (Å²) in [6.07, 6.45) is 0.887. The molecule has 1 atom stereocenters. The van der Waals surface area contributed by atoms with Crippen LogP contribution in [0.3, 0.4) is 0 Å². The van der Waals surface area contributed by atoms with Gasteiger partial charge >= 0.3 is 0 Å². The topological polar surface area (TPSA) is 59.3 Å². The fraction of sp³-hybridized carbons (Fsp3) is 0.278. The number of benzene rings is 1. The van der Waals surface area contributed by atoms with E-state index in [0.717, 1.165) is 23.4 Å². The van der Waals surface area contributed by atoms with E-state index in [1.165, 1.54) is 0 Å². The van der Waals surface area contributed by atoms with Gasteiger partial charge in [-0.2, -0.15) is 5.10 Å². The Kier molecular flexibility index (Phi) is 4.10. The lowest BCUT2D eigenvalue weighted by Crippen LogP contribution is -2.32. The van der Waals surface area contributed by atoms with E-state index >= 15 is 0 Å². The van der Waals surface area contributed by atoms with E-state index < -0.39 is 0 Å². The van der Waals surface area contributed by atoms with Crippen molar-refractivity contribution >= 4 is 11.6 Å². The third-order valence-corrected chi connectivity index (χ3v) is 3.90. The molecular formula is C18H20N4O. The second kappa shape index (κ2) is 6.20. The molecular weight excluding hydrogens is 288 g/mol. The first-order valence-corrected chi connectivity index (χ1v) is 7.82. The molecule has 1 amide bonds. The van der Waals surface area contributed by atoms with Gasteiger partial charge in [-0.3, -0.25) is 4.79 Å². The Morgan fingerprint density at radius 3 is 2.70 bits per heavy atom. The van der Waals surface area contributed by atoms with Gasteiger partial charge in [0.1, 0.15) is 5.69 Å². The maximum atomic E-state index is 12.3. The van der Waals surface area contributed by atoms with Crippen LogP contribution in [0, 0.1) is 6.92 Å². The van der Waals surface area contributed by atoms with Gasteiger partial charge in [-0.25, -0.2) is 9.50 Å². The molecule has 0 aliphatic carbocycles. The van der Waals surface area contributed by atoms with Crippen molar-refractivity contribution in [2.75, 3.05) is 0 Å². The molecule has 0 bridgehead atoms. The Bertz CT molecular complexity index is 839. The van der Waals surface area contributed by atoms with Crippen molar-refractivity contribution in [2.24, 2.45) is 0 Å². The molecule has 3 rings (SSSR count). The van der Waals surface area contributed by atoms with Crippen LogP contribution >= 0.6 is 0 Å². The summed E-state index contributed by atoms with van der Waals surface area (Å²) in [7, 11) is 0. The molecule has 5 nitrogen and oxygen atoms in total. The molecule has 0 fully saturated rings. The Hall–Kier alpha value is -2.69. The van der Waals surface area contributed by atoms with Crippen LogP contribution in [-0.2, 0) is 0 Å². The Morgan fingerprint density at radius 2 is 2.00 bits per heavy atom. The second-order valence-corrected chi connectivity index (χ2v) is 5.73.